The smallest absolute Gasteiger partial charge is 0.417 e. The fraction of sp³-hybridized carbons (Fsp3) is 0.150. The molecule has 3 rings (SSSR count). The number of ether oxygens (including phenoxy) is 1. The van der Waals surface area contributed by atoms with Gasteiger partial charge in [-0.05, 0) is 36.4 Å². The summed E-state index contributed by atoms with van der Waals surface area (Å²) in [7, 11) is 0. The predicted octanol–water partition coefficient (Wildman–Crippen LogP) is 5.03. The molecule has 174 valence electrons. The molecule has 0 unspecified atom stereocenters. The van der Waals surface area contributed by atoms with Crippen molar-refractivity contribution in [2.24, 2.45) is 0 Å². The van der Waals surface area contributed by atoms with Gasteiger partial charge in [-0.25, -0.2) is 0 Å². The standard InChI is InChI=1S/C20H14Cl2F3N3O4S/c1-9(29)27-28-19(31)18-17(22)12-4-3-11(7-15(12)33-18)32-8-16(30)26-10-2-5-14(21)13(6-10)20(23,24)25/h2-7H,8H2,1H3,(H,26,30)(H,27,29)(H,28,31). The van der Waals surface area contributed by atoms with Crippen LogP contribution in [0.15, 0.2) is 36.4 Å². The second kappa shape index (κ2) is 9.86. The minimum Gasteiger partial charge on any atom is -0.484 e. The maximum absolute atomic E-state index is 12.9. The van der Waals surface area contributed by atoms with Crippen molar-refractivity contribution in [1.82, 2.24) is 10.9 Å². The third-order valence-electron chi connectivity index (χ3n) is 4.08. The van der Waals surface area contributed by atoms with Gasteiger partial charge in [-0.1, -0.05) is 23.2 Å². The summed E-state index contributed by atoms with van der Waals surface area (Å²) in [5.74, 6) is -1.47. The summed E-state index contributed by atoms with van der Waals surface area (Å²) in [6.45, 7) is 0.749. The van der Waals surface area contributed by atoms with E-state index in [2.05, 4.69) is 16.2 Å². The van der Waals surface area contributed by atoms with E-state index in [1.165, 1.54) is 19.1 Å². The second-order valence-corrected chi connectivity index (χ2v) is 8.41. The van der Waals surface area contributed by atoms with Crippen LogP contribution in [0.3, 0.4) is 0 Å². The van der Waals surface area contributed by atoms with Gasteiger partial charge in [-0.2, -0.15) is 13.2 Å². The van der Waals surface area contributed by atoms with Gasteiger partial charge in [0.1, 0.15) is 10.6 Å². The van der Waals surface area contributed by atoms with Crippen LogP contribution in [0, 0.1) is 0 Å². The lowest BCUT2D eigenvalue weighted by atomic mass is 10.2. The van der Waals surface area contributed by atoms with Gasteiger partial charge in [-0.3, -0.25) is 25.2 Å². The molecule has 13 heteroatoms. The fourth-order valence-corrected chi connectivity index (χ4v) is 4.31. The Labute approximate surface area is 198 Å². The number of benzene rings is 2. The van der Waals surface area contributed by atoms with Crippen LogP contribution in [0.4, 0.5) is 18.9 Å². The zero-order chi connectivity index (χ0) is 24.3. The van der Waals surface area contributed by atoms with Crippen LogP contribution in [-0.4, -0.2) is 24.3 Å². The summed E-state index contributed by atoms with van der Waals surface area (Å²) in [4.78, 5) is 35.4. The third kappa shape index (κ3) is 6.06. The zero-order valence-corrected chi connectivity index (χ0v) is 18.9. The van der Waals surface area contributed by atoms with Crippen molar-refractivity contribution in [2.45, 2.75) is 13.1 Å². The molecule has 1 aromatic heterocycles. The number of hydrogen-bond donors (Lipinski definition) is 3. The first kappa shape index (κ1) is 24.6. The van der Waals surface area contributed by atoms with Gasteiger partial charge in [0.05, 0.1) is 15.6 Å². The minimum atomic E-state index is -4.66. The van der Waals surface area contributed by atoms with Gasteiger partial charge < -0.3 is 10.1 Å². The SMILES string of the molecule is CC(=O)NNC(=O)c1sc2cc(OCC(=O)Nc3ccc(Cl)c(C(F)(F)F)c3)ccc2c1Cl. The predicted molar refractivity (Wildman–Crippen MR) is 119 cm³/mol. The second-order valence-electron chi connectivity index (χ2n) is 6.57. The maximum Gasteiger partial charge on any atom is 0.417 e. The molecule has 0 saturated heterocycles. The summed E-state index contributed by atoms with van der Waals surface area (Å²) in [5, 5.41) is 2.58. The number of carbonyl (C=O) groups excluding carboxylic acids is 3. The first-order valence-corrected chi connectivity index (χ1v) is 10.6. The molecule has 3 N–H and O–H groups in total. The van der Waals surface area contributed by atoms with E-state index < -0.39 is 41.1 Å². The summed E-state index contributed by atoms with van der Waals surface area (Å²) >= 11 is 12.8. The molecule has 3 amide bonds. The Hall–Kier alpha value is -3.02. The molecule has 0 aliphatic carbocycles. The number of anilines is 1. The number of hydrogen-bond acceptors (Lipinski definition) is 5. The molecule has 0 fully saturated rings. The van der Waals surface area contributed by atoms with E-state index >= 15 is 0 Å². The maximum atomic E-state index is 12.9. The highest BCUT2D eigenvalue weighted by atomic mass is 35.5. The van der Waals surface area contributed by atoms with Gasteiger partial charge in [0.25, 0.3) is 11.8 Å². The quantitative estimate of drug-likeness (QED) is 0.412. The topological polar surface area (TPSA) is 96.5 Å². The summed E-state index contributed by atoms with van der Waals surface area (Å²) in [6.07, 6.45) is -4.66. The van der Waals surface area contributed by atoms with Crippen LogP contribution in [0.5, 0.6) is 5.75 Å². The Balaban J connectivity index is 1.67. The molecule has 0 spiro atoms. The van der Waals surface area contributed by atoms with Crippen molar-refractivity contribution in [3.63, 3.8) is 0 Å². The van der Waals surface area contributed by atoms with Crippen molar-refractivity contribution in [3.05, 3.63) is 56.9 Å². The molecule has 3 aromatic rings. The van der Waals surface area contributed by atoms with Gasteiger partial charge in [0.2, 0.25) is 5.91 Å². The Bertz CT molecular complexity index is 1250. The number of alkyl halides is 3. The normalized spacial score (nSPS) is 11.2. The van der Waals surface area contributed by atoms with Gasteiger partial charge in [-0.15, -0.1) is 11.3 Å². The molecule has 0 radical (unpaired) electrons. The van der Waals surface area contributed by atoms with Crippen molar-refractivity contribution < 1.29 is 32.3 Å². The molecule has 0 atom stereocenters. The molecule has 0 saturated carbocycles. The van der Waals surface area contributed by atoms with E-state index in [1.807, 2.05) is 0 Å². The largest absolute Gasteiger partial charge is 0.484 e. The molecule has 0 aliphatic rings. The minimum absolute atomic E-state index is 0.0874. The highest BCUT2D eigenvalue weighted by Gasteiger charge is 2.33. The third-order valence-corrected chi connectivity index (χ3v) is 6.07. The van der Waals surface area contributed by atoms with Crippen LogP contribution in [-0.2, 0) is 15.8 Å². The lowest BCUT2D eigenvalue weighted by molar-refractivity contribution is -0.137. The monoisotopic (exact) mass is 519 g/mol. The molecule has 0 aliphatic heterocycles. The number of hydrazine groups is 1. The van der Waals surface area contributed by atoms with Crippen LogP contribution < -0.4 is 20.9 Å². The molecule has 33 heavy (non-hydrogen) atoms. The highest BCUT2D eigenvalue weighted by molar-refractivity contribution is 7.21. The number of carbonyl (C=O) groups is 3. The summed E-state index contributed by atoms with van der Waals surface area (Å²) < 4.78 is 44.8. The van der Waals surface area contributed by atoms with Crippen LogP contribution in [0.2, 0.25) is 10.0 Å². The first-order chi connectivity index (χ1) is 15.5. The number of nitrogens with one attached hydrogen (secondary N) is 3. The number of halogens is 5. The molecular weight excluding hydrogens is 506 g/mol. The van der Waals surface area contributed by atoms with E-state index in [1.54, 1.807) is 12.1 Å². The van der Waals surface area contributed by atoms with Gasteiger partial charge in [0.15, 0.2) is 6.61 Å². The Kier molecular flexibility index (Phi) is 7.35. The van der Waals surface area contributed by atoms with E-state index in [0.717, 1.165) is 23.5 Å². The zero-order valence-electron chi connectivity index (χ0n) is 16.6. The Morgan fingerprint density at radius 1 is 1.06 bits per heavy atom. The van der Waals surface area contributed by atoms with E-state index in [9.17, 15) is 27.6 Å². The molecule has 0 bridgehead atoms. The van der Waals surface area contributed by atoms with Crippen molar-refractivity contribution >= 4 is 68.0 Å². The fourth-order valence-electron chi connectivity index (χ4n) is 2.65. The molecule has 7 nitrogen and oxygen atoms in total. The van der Waals surface area contributed by atoms with E-state index in [4.69, 9.17) is 27.9 Å². The lowest BCUT2D eigenvalue weighted by Gasteiger charge is -2.12. The number of thiophene rings is 1. The molecule has 1 heterocycles. The van der Waals surface area contributed by atoms with E-state index in [0.29, 0.717) is 10.1 Å². The lowest BCUT2D eigenvalue weighted by Crippen LogP contribution is -2.40. The Morgan fingerprint density at radius 3 is 2.45 bits per heavy atom. The van der Waals surface area contributed by atoms with Crippen LogP contribution >= 0.6 is 34.5 Å². The molecular formula is C20H14Cl2F3N3O4S. The Morgan fingerprint density at radius 2 is 1.79 bits per heavy atom. The average Bonchev–Trinajstić information content (AvgIpc) is 3.07. The van der Waals surface area contributed by atoms with Crippen LogP contribution in [0.1, 0.15) is 22.2 Å². The summed E-state index contributed by atoms with van der Waals surface area (Å²) in [5.41, 5.74) is 3.23. The van der Waals surface area contributed by atoms with Crippen LogP contribution in [0.25, 0.3) is 10.1 Å². The highest BCUT2D eigenvalue weighted by Crippen LogP contribution is 2.38. The van der Waals surface area contributed by atoms with Gasteiger partial charge >= 0.3 is 6.18 Å². The number of amides is 3. The van der Waals surface area contributed by atoms with E-state index in [-0.39, 0.29) is 21.3 Å². The van der Waals surface area contributed by atoms with Crippen molar-refractivity contribution in [2.75, 3.05) is 11.9 Å². The number of rotatable bonds is 5. The number of fused-ring (bicyclic) bond motifs is 1. The first-order valence-electron chi connectivity index (χ1n) is 9.04. The van der Waals surface area contributed by atoms with Crippen molar-refractivity contribution in [1.29, 1.82) is 0 Å². The molecule has 2 aromatic carbocycles. The van der Waals surface area contributed by atoms with Crippen molar-refractivity contribution in [3.8, 4) is 5.75 Å². The summed E-state index contributed by atoms with van der Waals surface area (Å²) in [6, 6.07) is 7.67. The average molecular weight is 520 g/mol. The van der Waals surface area contributed by atoms with Gasteiger partial charge in [0, 0.05) is 22.7 Å².